The molecule has 2 amide bonds. The molecular weight excluding hydrogens is 261 g/mol. The fourth-order valence-electron chi connectivity index (χ4n) is 1.80. The number of rotatable bonds is 2. The van der Waals surface area contributed by atoms with Gasteiger partial charge in [-0.25, -0.2) is 4.79 Å². The highest BCUT2D eigenvalue weighted by Crippen LogP contribution is 2.29. The van der Waals surface area contributed by atoms with E-state index in [1.807, 2.05) is 0 Å². The van der Waals surface area contributed by atoms with Crippen molar-refractivity contribution in [1.82, 2.24) is 4.90 Å². The van der Waals surface area contributed by atoms with Gasteiger partial charge in [0.25, 0.3) is 0 Å². The molecule has 2 rings (SSSR count). The number of anilines is 1. The maximum Gasteiger partial charge on any atom is 0.416 e. The molecular formula is C12H13F3N2O2. The molecule has 1 aliphatic heterocycles. The van der Waals surface area contributed by atoms with Crippen molar-refractivity contribution < 1.29 is 23.1 Å². The molecule has 0 spiro atoms. The fraction of sp³-hybridized carbons (Fsp3) is 0.417. The molecule has 1 heterocycles. The van der Waals surface area contributed by atoms with Gasteiger partial charge in [-0.3, -0.25) is 0 Å². The summed E-state index contributed by atoms with van der Waals surface area (Å²) in [5, 5.41) is 11.3. The van der Waals surface area contributed by atoms with Gasteiger partial charge < -0.3 is 15.3 Å². The summed E-state index contributed by atoms with van der Waals surface area (Å²) in [6.45, 7) is 0.954. The minimum absolute atomic E-state index is 0.0318. The molecule has 0 unspecified atom stereocenters. The number of hydrogen-bond acceptors (Lipinski definition) is 2. The zero-order valence-corrected chi connectivity index (χ0v) is 9.94. The number of alkyl halides is 3. The van der Waals surface area contributed by atoms with E-state index in [-0.39, 0.29) is 18.6 Å². The summed E-state index contributed by atoms with van der Waals surface area (Å²) >= 11 is 0. The van der Waals surface area contributed by atoms with E-state index in [0.29, 0.717) is 18.8 Å². The number of amides is 2. The van der Waals surface area contributed by atoms with Gasteiger partial charge in [0.15, 0.2) is 0 Å². The van der Waals surface area contributed by atoms with E-state index < -0.39 is 11.7 Å². The van der Waals surface area contributed by atoms with Crippen LogP contribution in [-0.4, -0.2) is 35.7 Å². The van der Waals surface area contributed by atoms with E-state index in [9.17, 15) is 18.0 Å². The predicted octanol–water partition coefficient (Wildman–Crippen LogP) is 2.16. The zero-order chi connectivity index (χ0) is 14.0. The number of nitrogens with zero attached hydrogens (tertiary/aromatic N) is 1. The highest BCUT2D eigenvalue weighted by molar-refractivity contribution is 5.89. The first kappa shape index (κ1) is 13.7. The lowest BCUT2D eigenvalue weighted by molar-refractivity contribution is -0.137. The Hall–Kier alpha value is -1.76. The Morgan fingerprint density at radius 2 is 1.89 bits per heavy atom. The van der Waals surface area contributed by atoms with Crippen molar-refractivity contribution in [3.63, 3.8) is 0 Å². The Bertz CT molecular complexity index is 453. The number of benzene rings is 1. The van der Waals surface area contributed by atoms with E-state index in [4.69, 9.17) is 5.11 Å². The van der Waals surface area contributed by atoms with Crippen molar-refractivity contribution in [3.8, 4) is 0 Å². The summed E-state index contributed by atoms with van der Waals surface area (Å²) in [6, 6.07) is 3.89. The van der Waals surface area contributed by atoms with Crippen LogP contribution in [0.15, 0.2) is 24.3 Å². The molecule has 0 atom stereocenters. The van der Waals surface area contributed by atoms with Gasteiger partial charge in [-0.15, -0.1) is 0 Å². The van der Waals surface area contributed by atoms with Crippen LogP contribution in [0, 0.1) is 5.92 Å². The number of aliphatic hydroxyl groups is 1. The number of hydrogen-bond donors (Lipinski definition) is 2. The molecule has 0 bridgehead atoms. The molecule has 4 nitrogen and oxygen atoms in total. The van der Waals surface area contributed by atoms with Crippen LogP contribution >= 0.6 is 0 Å². The van der Waals surface area contributed by atoms with Crippen LogP contribution in [0.4, 0.5) is 23.7 Å². The van der Waals surface area contributed by atoms with Gasteiger partial charge in [0.1, 0.15) is 0 Å². The van der Waals surface area contributed by atoms with Crippen molar-refractivity contribution in [1.29, 1.82) is 0 Å². The summed E-state index contributed by atoms with van der Waals surface area (Å²) in [4.78, 5) is 13.1. The van der Waals surface area contributed by atoms with Gasteiger partial charge in [0, 0.05) is 31.3 Å². The minimum Gasteiger partial charge on any atom is -0.396 e. The normalized spacial score (nSPS) is 16.1. The first-order chi connectivity index (χ1) is 8.90. The third-order valence-electron chi connectivity index (χ3n) is 2.97. The Kier molecular flexibility index (Phi) is 3.66. The molecule has 0 saturated carbocycles. The number of carbonyl (C=O) groups is 1. The van der Waals surface area contributed by atoms with Crippen molar-refractivity contribution in [3.05, 3.63) is 29.8 Å². The van der Waals surface area contributed by atoms with E-state index in [1.165, 1.54) is 17.0 Å². The first-order valence-electron chi connectivity index (χ1n) is 5.74. The molecule has 7 heteroatoms. The predicted molar refractivity (Wildman–Crippen MR) is 62.6 cm³/mol. The van der Waals surface area contributed by atoms with Crippen molar-refractivity contribution in [2.45, 2.75) is 6.18 Å². The Morgan fingerprint density at radius 1 is 1.32 bits per heavy atom. The second-order valence-electron chi connectivity index (χ2n) is 4.46. The van der Waals surface area contributed by atoms with Crippen LogP contribution in [0.1, 0.15) is 5.56 Å². The quantitative estimate of drug-likeness (QED) is 0.868. The second kappa shape index (κ2) is 5.08. The van der Waals surface area contributed by atoms with Gasteiger partial charge in [-0.1, -0.05) is 0 Å². The van der Waals surface area contributed by atoms with Crippen LogP contribution < -0.4 is 5.32 Å². The summed E-state index contributed by atoms with van der Waals surface area (Å²) < 4.78 is 37.0. The zero-order valence-electron chi connectivity index (χ0n) is 9.94. The van der Waals surface area contributed by atoms with Crippen molar-refractivity contribution in [2.24, 2.45) is 5.92 Å². The third-order valence-corrected chi connectivity index (χ3v) is 2.97. The monoisotopic (exact) mass is 274 g/mol. The highest BCUT2D eigenvalue weighted by Gasteiger charge is 2.31. The molecule has 104 valence electrons. The van der Waals surface area contributed by atoms with E-state index in [1.54, 1.807) is 0 Å². The Labute approximate surface area is 107 Å². The average Bonchev–Trinajstić information content (AvgIpc) is 2.27. The SMILES string of the molecule is O=C(Nc1ccc(C(F)(F)F)cc1)N1CC(CO)C1. The summed E-state index contributed by atoms with van der Waals surface area (Å²) in [7, 11) is 0. The number of halogens is 3. The molecule has 1 saturated heterocycles. The van der Waals surface area contributed by atoms with Crippen molar-refractivity contribution >= 4 is 11.7 Å². The lowest BCUT2D eigenvalue weighted by atomic mass is 10.0. The Balaban J connectivity index is 1.91. The van der Waals surface area contributed by atoms with Crippen LogP contribution in [0.3, 0.4) is 0 Å². The second-order valence-corrected chi connectivity index (χ2v) is 4.46. The smallest absolute Gasteiger partial charge is 0.396 e. The number of likely N-dealkylation sites (tertiary alicyclic amines) is 1. The lowest BCUT2D eigenvalue weighted by Crippen LogP contribution is -2.52. The van der Waals surface area contributed by atoms with Crippen LogP contribution in [0.5, 0.6) is 0 Å². The van der Waals surface area contributed by atoms with Gasteiger partial charge in [-0.2, -0.15) is 13.2 Å². The topological polar surface area (TPSA) is 52.6 Å². The summed E-state index contributed by atoms with van der Waals surface area (Å²) in [6.07, 6.45) is -4.38. The van der Waals surface area contributed by atoms with E-state index in [0.717, 1.165) is 12.1 Å². The average molecular weight is 274 g/mol. The largest absolute Gasteiger partial charge is 0.416 e. The van der Waals surface area contributed by atoms with E-state index >= 15 is 0 Å². The van der Waals surface area contributed by atoms with Crippen LogP contribution in [0.2, 0.25) is 0 Å². The minimum atomic E-state index is -4.38. The number of aliphatic hydroxyl groups excluding tert-OH is 1. The van der Waals surface area contributed by atoms with Crippen LogP contribution in [0.25, 0.3) is 0 Å². The molecule has 1 aliphatic rings. The molecule has 0 radical (unpaired) electrons. The first-order valence-corrected chi connectivity index (χ1v) is 5.74. The standard InChI is InChI=1S/C12H13F3N2O2/c13-12(14,15)9-1-3-10(4-2-9)16-11(19)17-5-8(6-17)7-18/h1-4,8,18H,5-7H2,(H,16,19). The van der Waals surface area contributed by atoms with Gasteiger partial charge in [0.05, 0.1) is 5.56 Å². The van der Waals surface area contributed by atoms with E-state index in [2.05, 4.69) is 5.32 Å². The van der Waals surface area contributed by atoms with Crippen LogP contribution in [-0.2, 0) is 6.18 Å². The fourth-order valence-corrected chi connectivity index (χ4v) is 1.80. The number of urea groups is 1. The highest BCUT2D eigenvalue weighted by atomic mass is 19.4. The van der Waals surface area contributed by atoms with Gasteiger partial charge >= 0.3 is 12.2 Å². The summed E-state index contributed by atoms with van der Waals surface area (Å²) in [5.41, 5.74) is -0.444. The number of nitrogens with one attached hydrogen (secondary N) is 1. The Morgan fingerprint density at radius 3 is 2.37 bits per heavy atom. The van der Waals surface area contributed by atoms with Crippen molar-refractivity contribution in [2.75, 3.05) is 25.0 Å². The molecule has 1 fully saturated rings. The lowest BCUT2D eigenvalue weighted by Gasteiger charge is -2.38. The molecule has 1 aromatic carbocycles. The molecule has 0 aliphatic carbocycles. The van der Waals surface area contributed by atoms with Gasteiger partial charge in [-0.05, 0) is 24.3 Å². The maximum absolute atomic E-state index is 12.3. The number of carbonyl (C=O) groups excluding carboxylic acids is 1. The molecule has 0 aromatic heterocycles. The van der Waals surface area contributed by atoms with Gasteiger partial charge in [0.2, 0.25) is 0 Å². The molecule has 1 aromatic rings. The third kappa shape index (κ3) is 3.17. The molecule has 19 heavy (non-hydrogen) atoms. The molecule has 2 N–H and O–H groups in total. The maximum atomic E-state index is 12.3. The summed E-state index contributed by atoms with van der Waals surface area (Å²) in [5.74, 6) is 0.0957.